The van der Waals surface area contributed by atoms with Crippen molar-refractivity contribution in [1.82, 2.24) is 4.90 Å². The molecule has 0 aromatic rings. The van der Waals surface area contributed by atoms with E-state index < -0.39 is 17.7 Å². The van der Waals surface area contributed by atoms with Gasteiger partial charge in [-0.15, -0.1) is 0 Å². The first-order valence-electron chi connectivity index (χ1n) is 8.89. The Morgan fingerprint density at radius 1 is 0.913 bits per heavy atom. The van der Waals surface area contributed by atoms with Gasteiger partial charge in [-0.05, 0) is 37.5 Å². The van der Waals surface area contributed by atoms with Crippen molar-refractivity contribution in [3.05, 3.63) is 0 Å². The fourth-order valence-corrected chi connectivity index (χ4v) is 5.22. The van der Waals surface area contributed by atoms with E-state index in [1.165, 1.54) is 0 Å². The van der Waals surface area contributed by atoms with Gasteiger partial charge in [0.1, 0.15) is 0 Å². The average Bonchev–Trinajstić information content (AvgIpc) is 3.03. The van der Waals surface area contributed by atoms with Crippen molar-refractivity contribution in [3.8, 4) is 0 Å². The third kappa shape index (κ3) is 2.56. The van der Waals surface area contributed by atoms with Crippen LogP contribution in [0, 0.1) is 23.7 Å². The summed E-state index contributed by atoms with van der Waals surface area (Å²) in [5.41, 5.74) is 0. The minimum absolute atomic E-state index is 0.0552. The number of likely N-dealkylation sites (tertiary alicyclic amines) is 1. The summed E-state index contributed by atoms with van der Waals surface area (Å²) in [6.45, 7) is 2.47. The first-order chi connectivity index (χ1) is 11.1. The van der Waals surface area contributed by atoms with Gasteiger partial charge in [0.05, 0.1) is 25.0 Å². The van der Waals surface area contributed by atoms with E-state index in [9.17, 15) is 14.7 Å². The maximum absolute atomic E-state index is 13.0. The first-order valence-corrected chi connectivity index (χ1v) is 8.89. The fraction of sp³-hybridized carbons (Fsp3) is 0.882. The third-order valence-corrected chi connectivity index (χ3v) is 6.44. The summed E-state index contributed by atoms with van der Waals surface area (Å²) in [6.07, 6.45) is 5.34. The molecule has 23 heavy (non-hydrogen) atoms. The lowest BCUT2D eigenvalue weighted by Gasteiger charge is -2.48. The normalized spacial score (nSPS) is 38.9. The molecule has 5 fully saturated rings. The van der Waals surface area contributed by atoms with Crippen LogP contribution < -0.4 is 0 Å². The quantitative estimate of drug-likeness (QED) is 0.833. The van der Waals surface area contributed by atoms with Crippen LogP contribution in [0.4, 0.5) is 0 Å². The second kappa shape index (κ2) is 5.74. The summed E-state index contributed by atoms with van der Waals surface area (Å²) in [6, 6.07) is 0. The van der Waals surface area contributed by atoms with E-state index in [0.717, 1.165) is 25.7 Å². The smallest absolute Gasteiger partial charge is 0.307 e. The zero-order valence-electron chi connectivity index (χ0n) is 13.4. The number of carboxylic acids is 1. The Bertz CT molecular complexity index is 483. The molecule has 6 nitrogen and oxygen atoms in total. The second-order valence-corrected chi connectivity index (χ2v) is 7.50. The Morgan fingerprint density at radius 2 is 1.43 bits per heavy atom. The molecule has 2 saturated heterocycles. The molecule has 3 saturated carbocycles. The number of carbonyl (C=O) groups is 2. The highest BCUT2D eigenvalue weighted by Gasteiger charge is 2.52. The second-order valence-electron chi connectivity index (χ2n) is 7.50. The molecule has 5 aliphatic rings. The number of hydrogen-bond acceptors (Lipinski definition) is 4. The van der Waals surface area contributed by atoms with Gasteiger partial charge in [0.2, 0.25) is 5.91 Å². The monoisotopic (exact) mass is 323 g/mol. The molecule has 0 aromatic heterocycles. The van der Waals surface area contributed by atoms with Gasteiger partial charge in [-0.1, -0.05) is 0 Å². The number of amides is 1. The zero-order valence-corrected chi connectivity index (χ0v) is 13.4. The molecular weight excluding hydrogens is 298 g/mol. The van der Waals surface area contributed by atoms with E-state index in [0.29, 0.717) is 39.1 Å². The van der Waals surface area contributed by atoms with Crippen molar-refractivity contribution in [3.63, 3.8) is 0 Å². The summed E-state index contributed by atoms with van der Waals surface area (Å²) in [5.74, 6) is -1.58. The van der Waals surface area contributed by atoms with Crippen LogP contribution in [0.25, 0.3) is 0 Å². The number of rotatable bonds is 2. The molecule has 2 bridgehead atoms. The maximum atomic E-state index is 13.0. The Morgan fingerprint density at radius 3 is 1.96 bits per heavy atom. The third-order valence-electron chi connectivity index (χ3n) is 6.44. The van der Waals surface area contributed by atoms with E-state index in [2.05, 4.69) is 0 Å². The number of carbonyl (C=O) groups excluding carboxylic acids is 1. The molecule has 5 rings (SSSR count). The van der Waals surface area contributed by atoms with Gasteiger partial charge in [0.25, 0.3) is 0 Å². The lowest BCUT2D eigenvalue weighted by Crippen LogP contribution is -2.55. The van der Waals surface area contributed by atoms with Crippen LogP contribution in [0.3, 0.4) is 0 Å². The Hall–Kier alpha value is -1.14. The topological polar surface area (TPSA) is 76.1 Å². The van der Waals surface area contributed by atoms with Gasteiger partial charge in [0, 0.05) is 25.9 Å². The summed E-state index contributed by atoms with van der Waals surface area (Å²) >= 11 is 0. The molecule has 128 valence electrons. The van der Waals surface area contributed by atoms with E-state index in [1.807, 2.05) is 4.90 Å². The van der Waals surface area contributed by atoms with Gasteiger partial charge in [-0.3, -0.25) is 9.59 Å². The Kier molecular flexibility index (Phi) is 3.84. The Labute approximate surface area is 136 Å². The van der Waals surface area contributed by atoms with E-state index in [-0.39, 0.29) is 23.7 Å². The van der Waals surface area contributed by atoms with E-state index in [1.54, 1.807) is 0 Å². The molecule has 3 aliphatic carbocycles. The number of piperidine rings is 1. The molecule has 1 amide bonds. The fourth-order valence-electron chi connectivity index (χ4n) is 5.22. The standard InChI is InChI=1S/C17H25NO5/c19-15(18-7-5-17(6-8-18)22-9-10-23-17)13-11-1-3-12(4-2-11)14(13)16(20)21/h11-14H,1-10H2,(H,20,21). The number of carboxylic acid groups (broad SMARTS) is 1. The Balaban J connectivity index is 1.47. The number of ether oxygens (including phenoxy) is 2. The largest absolute Gasteiger partial charge is 0.481 e. The van der Waals surface area contributed by atoms with Gasteiger partial charge in [-0.25, -0.2) is 0 Å². The molecule has 1 N–H and O–H groups in total. The molecular formula is C17H25NO5. The average molecular weight is 323 g/mol. The molecule has 2 aliphatic heterocycles. The highest BCUT2D eigenvalue weighted by atomic mass is 16.7. The number of aliphatic carboxylic acids is 1. The number of fused-ring (bicyclic) bond motifs is 3. The predicted octanol–water partition coefficient (Wildman–Crippen LogP) is 1.49. The molecule has 2 atom stereocenters. The number of hydrogen-bond donors (Lipinski definition) is 1. The van der Waals surface area contributed by atoms with Gasteiger partial charge in [0.15, 0.2) is 5.79 Å². The lowest BCUT2D eigenvalue weighted by molar-refractivity contribution is -0.191. The minimum Gasteiger partial charge on any atom is -0.481 e. The highest BCUT2D eigenvalue weighted by molar-refractivity contribution is 5.85. The van der Waals surface area contributed by atoms with Crippen LogP contribution in [-0.2, 0) is 19.1 Å². The summed E-state index contributed by atoms with van der Waals surface area (Å²) < 4.78 is 11.4. The molecule has 1 spiro atoms. The van der Waals surface area contributed by atoms with Gasteiger partial charge in [-0.2, -0.15) is 0 Å². The molecule has 6 heteroatoms. The van der Waals surface area contributed by atoms with Crippen molar-refractivity contribution in [2.24, 2.45) is 23.7 Å². The van der Waals surface area contributed by atoms with E-state index >= 15 is 0 Å². The van der Waals surface area contributed by atoms with Crippen molar-refractivity contribution in [2.75, 3.05) is 26.3 Å². The summed E-state index contributed by atoms with van der Waals surface area (Å²) in [5, 5.41) is 9.63. The lowest BCUT2D eigenvalue weighted by atomic mass is 9.58. The van der Waals surface area contributed by atoms with Crippen LogP contribution in [0.1, 0.15) is 38.5 Å². The predicted molar refractivity (Wildman–Crippen MR) is 80.5 cm³/mol. The van der Waals surface area contributed by atoms with Crippen molar-refractivity contribution >= 4 is 11.9 Å². The SMILES string of the molecule is O=C(O)C1C2CCC(CC2)C1C(=O)N1CCC2(CC1)OCCO2. The summed E-state index contributed by atoms with van der Waals surface area (Å²) in [4.78, 5) is 26.6. The molecule has 0 aromatic carbocycles. The van der Waals surface area contributed by atoms with Gasteiger partial charge >= 0.3 is 5.97 Å². The maximum Gasteiger partial charge on any atom is 0.307 e. The molecule has 0 radical (unpaired) electrons. The van der Waals surface area contributed by atoms with Crippen LogP contribution in [-0.4, -0.2) is 54.0 Å². The van der Waals surface area contributed by atoms with Crippen molar-refractivity contribution in [2.45, 2.75) is 44.3 Å². The van der Waals surface area contributed by atoms with Crippen LogP contribution in [0.15, 0.2) is 0 Å². The van der Waals surface area contributed by atoms with Crippen LogP contribution >= 0.6 is 0 Å². The van der Waals surface area contributed by atoms with Crippen LogP contribution in [0.2, 0.25) is 0 Å². The van der Waals surface area contributed by atoms with Crippen molar-refractivity contribution < 1.29 is 24.2 Å². The van der Waals surface area contributed by atoms with E-state index in [4.69, 9.17) is 9.47 Å². The number of nitrogens with zero attached hydrogens (tertiary/aromatic N) is 1. The van der Waals surface area contributed by atoms with Crippen molar-refractivity contribution in [1.29, 1.82) is 0 Å². The summed E-state index contributed by atoms with van der Waals surface area (Å²) in [7, 11) is 0. The van der Waals surface area contributed by atoms with Gasteiger partial charge < -0.3 is 19.5 Å². The highest BCUT2D eigenvalue weighted by Crippen LogP contribution is 2.50. The minimum atomic E-state index is -0.784. The van der Waals surface area contributed by atoms with Crippen LogP contribution in [0.5, 0.6) is 0 Å². The first kappa shape index (κ1) is 15.4. The molecule has 2 heterocycles. The zero-order chi connectivity index (χ0) is 16.0. The molecule has 2 unspecified atom stereocenters.